The van der Waals surface area contributed by atoms with E-state index in [4.69, 9.17) is 4.74 Å². The molecule has 6 heteroatoms. The van der Waals surface area contributed by atoms with Crippen molar-refractivity contribution in [2.24, 2.45) is 11.3 Å². The van der Waals surface area contributed by atoms with E-state index in [9.17, 15) is 14.7 Å². The van der Waals surface area contributed by atoms with E-state index in [1.54, 1.807) is 0 Å². The molecule has 206 valence electrons. The lowest BCUT2D eigenvalue weighted by atomic mass is 9.77. The highest BCUT2D eigenvalue weighted by atomic mass is 16.5. The maximum atomic E-state index is 13.6. The van der Waals surface area contributed by atoms with E-state index in [0.717, 1.165) is 62.1 Å². The minimum atomic E-state index is -0.775. The third-order valence-corrected chi connectivity index (χ3v) is 7.84. The number of nitrogens with zero attached hydrogens (tertiary/aromatic N) is 2. The molecule has 6 nitrogen and oxygen atoms in total. The summed E-state index contributed by atoms with van der Waals surface area (Å²) in [6.07, 6.45) is 7.86. The third-order valence-electron chi connectivity index (χ3n) is 7.84. The van der Waals surface area contributed by atoms with E-state index in [1.165, 1.54) is 5.57 Å². The number of unbranched alkanes of at least 4 members (excludes halogenated alkanes) is 2. The molecule has 1 aromatic carbocycles. The van der Waals surface area contributed by atoms with Gasteiger partial charge in [0.25, 0.3) is 0 Å². The minimum absolute atomic E-state index is 0.124. The van der Waals surface area contributed by atoms with Crippen molar-refractivity contribution in [2.75, 3.05) is 32.8 Å². The Morgan fingerprint density at radius 1 is 1.16 bits per heavy atom. The lowest BCUT2D eigenvalue weighted by Gasteiger charge is -2.34. The highest BCUT2D eigenvalue weighted by Gasteiger charge is 2.48. The van der Waals surface area contributed by atoms with Crippen molar-refractivity contribution in [3.05, 3.63) is 41.0 Å². The average molecular weight is 513 g/mol. The fourth-order valence-electron chi connectivity index (χ4n) is 6.23. The number of likely N-dealkylation sites (tertiary alicyclic amines) is 1. The number of carboxylic acids is 1. The summed E-state index contributed by atoms with van der Waals surface area (Å²) in [4.78, 5) is 30.6. The van der Waals surface area contributed by atoms with Crippen molar-refractivity contribution in [1.29, 1.82) is 0 Å². The summed E-state index contributed by atoms with van der Waals surface area (Å²) < 4.78 is 5.70. The summed E-state index contributed by atoms with van der Waals surface area (Å²) in [5.74, 6) is -0.479. The van der Waals surface area contributed by atoms with Gasteiger partial charge in [-0.15, -0.1) is 0 Å². The van der Waals surface area contributed by atoms with Crippen molar-refractivity contribution < 1.29 is 19.4 Å². The van der Waals surface area contributed by atoms with Gasteiger partial charge >= 0.3 is 5.97 Å². The topological polar surface area (TPSA) is 70.1 Å². The number of carbonyl (C=O) groups excluding carboxylic acids is 1. The normalized spacial score (nSPS) is 21.4. The van der Waals surface area contributed by atoms with Crippen LogP contribution in [0.25, 0.3) is 0 Å². The Morgan fingerprint density at radius 2 is 1.84 bits per heavy atom. The molecule has 1 saturated heterocycles. The second kappa shape index (κ2) is 12.9. The van der Waals surface area contributed by atoms with Crippen molar-refractivity contribution in [1.82, 2.24) is 9.80 Å². The number of hydrogen-bond donors (Lipinski definition) is 1. The Kier molecular flexibility index (Phi) is 10.2. The number of benzene rings is 1. The summed E-state index contributed by atoms with van der Waals surface area (Å²) in [6.45, 7) is 15.9. The van der Waals surface area contributed by atoms with Gasteiger partial charge in [-0.2, -0.15) is 0 Å². The first-order valence-corrected chi connectivity index (χ1v) is 14.2. The molecule has 2 heterocycles. The molecule has 0 radical (unpaired) electrons. The van der Waals surface area contributed by atoms with Crippen LogP contribution in [-0.4, -0.2) is 65.6 Å². The summed E-state index contributed by atoms with van der Waals surface area (Å²) in [5, 5.41) is 10.5. The van der Waals surface area contributed by atoms with E-state index in [1.807, 2.05) is 17.0 Å². The van der Waals surface area contributed by atoms with Gasteiger partial charge in [0.1, 0.15) is 5.75 Å². The molecule has 0 unspecified atom stereocenters. The van der Waals surface area contributed by atoms with Crippen LogP contribution in [0.1, 0.15) is 90.7 Å². The van der Waals surface area contributed by atoms with Gasteiger partial charge in [-0.3, -0.25) is 14.5 Å². The van der Waals surface area contributed by atoms with Crippen LogP contribution in [-0.2, 0) is 16.0 Å². The lowest BCUT2D eigenvalue weighted by Crippen LogP contribution is -2.45. The SMILES string of the molecule is CCCCN(CCCC)C(=O)CN1C[C@H](c2ccc3c(c2)CCO3)[C@@H](C(=O)O)[C@@H]1CC(C)(C)C=C(C)C. The maximum Gasteiger partial charge on any atom is 0.308 e. The molecular formula is C31H48N2O4. The van der Waals surface area contributed by atoms with E-state index < -0.39 is 11.9 Å². The number of rotatable bonds is 13. The molecule has 3 atom stereocenters. The number of amides is 1. The number of hydrogen-bond acceptors (Lipinski definition) is 4. The van der Waals surface area contributed by atoms with Crippen LogP contribution in [0, 0.1) is 11.3 Å². The Balaban J connectivity index is 1.93. The van der Waals surface area contributed by atoms with Gasteiger partial charge in [-0.05, 0) is 55.7 Å². The van der Waals surface area contributed by atoms with E-state index in [2.05, 4.69) is 58.6 Å². The van der Waals surface area contributed by atoms with Gasteiger partial charge in [0, 0.05) is 38.0 Å². The molecular weight excluding hydrogens is 464 g/mol. The molecule has 0 saturated carbocycles. The van der Waals surface area contributed by atoms with Crippen LogP contribution >= 0.6 is 0 Å². The molecule has 0 spiro atoms. The summed E-state index contributed by atoms with van der Waals surface area (Å²) in [6, 6.07) is 5.94. The first kappa shape index (κ1) is 29.2. The second-order valence-electron chi connectivity index (χ2n) is 11.9. The molecule has 1 amide bonds. The van der Waals surface area contributed by atoms with Gasteiger partial charge in [0.15, 0.2) is 0 Å². The molecule has 37 heavy (non-hydrogen) atoms. The molecule has 1 N–H and O–H groups in total. The molecule has 2 aliphatic rings. The van der Waals surface area contributed by atoms with Crippen LogP contribution in [0.2, 0.25) is 0 Å². The van der Waals surface area contributed by atoms with Gasteiger partial charge in [-0.25, -0.2) is 0 Å². The molecule has 3 rings (SSSR count). The second-order valence-corrected chi connectivity index (χ2v) is 11.9. The standard InChI is InChI=1S/C31H48N2O4/c1-7-9-14-32(15-10-8-2)28(34)21-33-20-25(23-11-12-27-24(17-23)13-16-37-27)29(30(35)36)26(33)19-31(5,6)18-22(3)4/h11-12,17-18,25-26,29H,7-10,13-16,19-21H2,1-6H3,(H,35,36)/t25-,26+,29-/m1/s1. The van der Waals surface area contributed by atoms with Crippen LogP contribution < -0.4 is 4.74 Å². The van der Waals surface area contributed by atoms with Crippen LogP contribution in [0.5, 0.6) is 5.75 Å². The largest absolute Gasteiger partial charge is 0.493 e. The highest BCUT2D eigenvalue weighted by Crippen LogP contribution is 2.44. The van der Waals surface area contributed by atoms with Crippen LogP contribution in [0.3, 0.4) is 0 Å². The number of carbonyl (C=O) groups is 2. The Labute approximate surface area is 224 Å². The van der Waals surface area contributed by atoms with Crippen molar-refractivity contribution >= 4 is 11.9 Å². The van der Waals surface area contributed by atoms with E-state index in [0.29, 0.717) is 19.6 Å². The Bertz CT molecular complexity index is 958. The van der Waals surface area contributed by atoms with Crippen LogP contribution in [0.4, 0.5) is 0 Å². The summed E-state index contributed by atoms with van der Waals surface area (Å²) in [7, 11) is 0. The maximum absolute atomic E-state index is 13.6. The fraction of sp³-hybridized carbons (Fsp3) is 0.677. The number of fused-ring (bicyclic) bond motifs is 1. The first-order valence-electron chi connectivity index (χ1n) is 14.2. The Hall–Kier alpha value is -2.34. The smallest absolute Gasteiger partial charge is 0.308 e. The van der Waals surface area contributed by atoms with E-state index in [-0.39, 0.29) is 29.8 Å². The monoisotopic (exact) mass is 512 g/mol. The predicted octanol–water partition coefficient (Wildman–Crippen LogP) is 5.90. The van der Waals surface area contributed by atoms with Crippen molar-refractivity contribution in [3.63, 3.8) is 0 Å². The van der Waals surface area contributed by atoms with Crippen molar-refractivity contribution in [2.45, 2.75) is 92.0 Å². The van der Waals surface area contributed by atoms with Gasteiger partial charge in [0.05, 0.1) is 19.1 Å². The molecule has 1 aromatic rings. The number of carboxylic acid groups (broad SMARTS) is 1. The zero-order valence-corrected chi connectivity index (χ0v) is 23.9. The quantitative estimate of drug-likeness (QED) is 0.333. The van der Waals surface area contributed by atoms with Crippen molar-refractivity contribution in [3.8, 4) is 5.75 Å². The summed E-state index contributed by atoms with van der Waals surface area (Å²) >= 11 is 0. The fourth-order valence-corrected chi connectivity index (χ4v) is 6.23. The number of aliphatic carboxylic acids is 1. The Morgan fingerprint density at radius 3 is 2.43 bits per heavy atom. The molecule has 2 aliphatic heterocycles. The lowest BCUT2D eigenvalue weighted by molar-refractivity contribution is -0.144. The molecule has 1 fully saturated rings. The molecule has 0 aromatic heterocycles. The van der Waals surface area contributed by atoms with Gasteiger partial charge in [0.2, 0.25) is 5.91 Å². The minimum Gasteiger partial charge on any atom is -0.493 e. The molecule has 0 bridgehead atoms. The number of ether oxygens (including phenoxy) is 1. The first-order chi connectivity index (χ1) is 17.6. The summed E-state index contributed by atoms with van der Waals surface area (Å²) in [5.41, 5.74) is 3.25. The average Bonchev–Trinajstić information content (AvgIpc) is 3.42. The zero-order chi connectivity index (χ0) is 27.2. The van der Waals surface area contributed by atoms with E-state index >= 15 is 0 Å². The molecule has 0 aliphatic carbocycles. The zero-order valence-electron chi connectivity index (χ0n) is 23.9. The van der Waals surface area contributed by atoms with Crippen LogP contribution in [0.15, 0.2) is 29.8 Å². The highest BCUT2D eigenvalue weighted by molar-refractivity contribution is 5.79. The van der Waals surface area contributed by atoms with Gasteiger partial charge in [-0.1, -0.05) is 64.3 Å². The third kappa shape index (κ3) is 7.59. The predicted molar refractivity (Wildman–Crippen MR) is 149 cm³/mol. The number of allylic oxidation sites excluding steroid dienone is 2. The van der Waals surface area contributed by atoms with Gasteiger partial charge < -0.3 is 14.7 Å².